The summed E-state index contributed by atoms with van der Waals surface area (Å²) >= 11 is 0. The lowest BCUT2D eigenvalue weighted by atomic mass is 10.2. The molecule has 4 nitrogen and oxygen atoms in total. The summed E-state index contributed by atoms with van der Waals surface area (Å²) in [6.07, 6.45) is 1.45. The number of halogens is 1. The van der Waals surface area contributed by atoms with Crippen molar-refractivity contribution in [1.82, 2.24) is 14.8 Å². The van der Waals surface area contributed by atoms with Gasteiger partial charge in [-0.15, -0.1) is 0 Å². The fraction of sp³-hybridized carbons (Fsp3) is 0.333. The molecule has 0 fully saturated rings. The third-order valence-electron chi connectivity index (χ3n) is 2.85. The van der Waals surface area contributed by atoms with E-state index in [4.69, 9.17) is 0 Å². The molecule has 2 rings (SSSR count). The zero-order chi connectivity index (χ0) is 12.4. The van der Waals surface area contributed by atoms with Crippen molar-refractivity contribution in [3.05, 3.63) is 41.2 Å². The van der Waals surface area contributed by atoms with E-state index in [-0.39, 0.29) is 0 Å². The Bertz CT molecular complexity index is 533. The minimum absolute atomic E-state index is 0.477. The molecule has 0 aromatic carbocycles. The van der Waals surface area contributed by atoms with Gasteiger partial charge < -0.3 is 5.32 Å². The Hall–Kier alpha value is -1.91. The highest BCUT2D eigenvalue weighted by Gasteiger charge is 2.08. The predicted molar refractivity (Wildman–Crippen MR) is 64.2 cm³/mol. The van der Waals surface area contributed by atoms with Gasteiger partial charge in [-0.3, -0.25) is 4.68 Å². The summed E-state index contributed by atoms with van der Waals surface area (Å²) in [5.41, 5.74) is 3.97. The molecule has 2 aromatic heterocycles. The fourth-order valence-corrected chi connectivity index (χ4v) is 1.78. The Morgan fingerprint density at radius 1 is 1.41 bits per heavy atom. The fourth-order valence-electron chi connectivity index (χ4n) is 1.78. The normalized spacial score (nSPS) is 10.6. The smallest absolute Gasteiger partial charge is 0.214 e. The SMILES string of the molecule is Cc1nn(C)c(C)c1CNc1ccnc(F)c1. The lowest BCUT2D eigenvalue weighted by Gasteiger charge is -2.06. The van der Waals surface area contributed by atoms with Crippen LogP contribution in [0.2, 0.25) is 0 Å². The molecule has 2 heterocycles. The first-order chi connectivity index (χ1) is 8.08. The molecule has 17 heavy (non-hydrogen) atoms. The average Bonchev–Trinajstić information content (AvgIpc) is 2.51. The average molecular weight is 234 g/mol. The van der Waals surface area contributed by atoms with Gasteiger partial charge in [0.2, 0.25) is 5.95 Å². The summed E-state index contributed by atoms with van der Waals surface area (Å²) in [5.74, 6) is -0.477. The topological polar surface area (TPSA) is 42.7 Å². The van der Waals surface area contributed by atoms with Gasteiger partial charge in [-0.2, -0.15) is 9.49 Å². The van der Waals surface area contributed by atoms with Crippen LogP contribution < -0.4 is 5.32 Å². The van der Waals surface area contributed by atoms with Gasteiger partial charge in [0, 0.05) is 42.8 Å². The molecule has 5 heteroatoms. The number of nitrogens with one attached hydrogen (secondary N) is 1. The summed E-state index contributed by atoms with van der Waals surface area (Å²) < 4.78 is 14.7. The monoisotopic (exact) mass is 234 g/mol. The van der Waals surface area contributed by atoms with Crippen molar-refractivity contribution < 1.29 is 4.39 Å². The first-order valence-electron chi connectivity index (χ1n) is 5.42. The molecule has 0 unspecified atom stereocenters. The minimum Gasteiger partial charge on any atom is -0.381 e. The molecular formula is C12H15FN4. The van der Waals surface area contributed by atoms with Gasteiger partial charge in [0.05, 0.1) is 5.69 Å². The molecule has 0 amide bonds. The van der Waals surface area contributed by atoms with Crippen LogP contribution in [-0.2, 0) is 13.6 Å². The molecule has 0 saturated heterocycles. The van der Waals surface area contributed by atoms with Crippen molar-refractivity contribution in [3.63, 3.8) is 0 Å². The Morgan fingerprint density at radius 2 is 2.18 bits per heavy atom. The van der Waals surface area contributed by atoms with Crippen molar-refractivity contribution in [1.29, 1.82) is 0 Å². The van der Waals surface area contributed by atoms with Gasteiger partial charge in [-0.25, -0.2) is 4.98 Å². The maximum Gasteiger partial charge on any atom is 0.214 e. The zero-order valence-electron chi connectivity index (χ0n) is 10.2. The van der Waals surface area contributed by atoms with E-state index in [2.05, 4.69) is 15.4 Å². The molecule has 0 saturated carbocycles. The van der Waals surface area contributed by atoms with E-state index < -0.39 is 5.95 Å². The molecule has 90 valence electrons. The Balaban J connectivity index is 2.12. The van der Waals surface area contributed by atoms with E-state index >= 15 is 0 Å². The quantitative estimate of drug-likeness (QED) is 0.828. The summed E-state index contributed by atoms with van der Waals surface area (Å²) in [5, 5.41) is 7.49. The van der Waals surface area contributed by atoms with Gasteiger partial charge in [0.1, 0.15) is 0 Å². The van der Waals surface area contributed by atoms with Gasteiger partial charge in [-0.05, 0) is 19.9 Å². The molecule has 0 atom stereocenters. The Labute approximate surface area is 99.5 Å². The highest BCUT2D eigenvalue weighted by molar-refractivity contribution is 5.42. The number of hydrogen-bond acceptors (Lipinski definition) is 3. The minimum atomic E-state index is -0.477. The van der Waals surface area contributed by atoms with Crippen molar-refractivity contribution in [2.45, 2.75) is 20.4 Å². The first kappa shape index (κ1) is 11.6. The summed E-state index contributed by atoms with van der Waals surface area (Å²) in [4.78, 5) is 3.51. The second kappa shape index (κ2) is 4.53. The molecule has 0 aliphatic carbocycles. The molecular weight excluding hydrogens is 219 g/mol. The van der Waals surface area contributed by atoms with E-state index in [0.29, 0.717) is 6.54 Å². The van der Waals surface area contributed by atoms with Crippen LogP contribution >= 0.6 is 0 Å². The maximum absolute atomic E-state index is 12.9. The second-order valence-electron chi connectivity index (χ2n) is 3.99. The van der Waals surface area contributed by atoms with Crippen LogP contribution in [0.15, 0.2) is 18.3 Å². The van der Waals surface area contributed by atoms with Gasteiger partial charge in [0.25, 0.3) is 0 Å². The van der Waals surface area contributed by atoms with Crippen LogP contribution in [0.4, 0.5) is 10.1 Å². The van der Waals surface area contributed by atoms with Crippen LogP contribution in [0.1, 0.15) is 17.0 Å². The highest BCUT2D eigenvalue weighted by atomic mass is 19.1. The van der Waals surface area contributed by atoms with E-state index in [0.717, 1.165) is 22.6 Å². The zero-order valence-corrected chi connectivity index (χ0v) is 10.2. The van der Waals surface area contributed by atoms with Crippen LogP contribution in [0, 0.1) is 19.8 Å². The number of rotatable bonds is 3. The molecule has 0 aliphatic heterocycles. The number of aromatic nitrogens is 3. The number of nitrogens with zero attached hydrogens (tertiary/aromatic N) is 3. The van der Waals surface area contributed by atoms with E-state index in [9.17, 15) is 4.39 Å². The predicted octanol–water partition coefficient (Wildman–Crippen LogP) is 2.18. The summed E-state index contributed by atoms with van der Waals surface area (Å²) in [6.45, 7) is 4.62. The van der Waals surface area contributed by atoms with Crippen molar-refractivity contribution >= 4 is 5.69 Å². The maximum atomic E-state index is 12.9. The van der Waals surface area contributed by atoms with E-state index in [1.165, 1.54) is 12.3 Å². The Morgan fingerprint density at radius 3 is 2.76 bits per heavy atom. The van der Waals surface area contributed by atoms with Crippen LogP contribution in [0.5, 0.6) is 0 Å². The van der Waals surface area contributed by atoms with Crippen LogP contribution in [0.25, 0.3) is 0 Å². The number of aryl methyl sites for hydroxylation is 2. The van der Waals surface area contributed by atoms with Crippen molar-refractivity contribution in [3.8, 4) is 0 Å². The third kappa shape index (κ3) is 2.43. The van der Waals surface area contributed by atoms with Gasteiger partial charge in [-0.1, -0.05) is 0 Å². The lowest BCUT2D eigenvalue weighted by molar-refractivity contribution is 0.584. The molecule has 2 aromatic rings. The third-order valence-corrected chi connectivity index (χ3v) is 2.85. The first-order valence-corrected chi connectivity index (χ1v) is 5.42. The van der Waals surface area contributed by atoms with Crippen molar-refractivity contribution in [2.75, 3.05) is 5.32 Å². The van der Waals surface area contributed by atoms with E-state index in [1.54, 1.807) is 6.07 Å². The molecule has 1 N–H and O–H groups in total. The molecule has 0 bridgehead atoms. The Kier molecular flexibility index (Phi) is 3.08. The van der Waals surface area contributed by atoms with Gasteiger partial charge >= 0.3 is 0 Å². The largest absolute Gasteiger partial charge is 0.381 e. The summed E-state index contributed by atoms with van der Waals surface area (Å²) in [6, 6.07) is 3.12. The van der Waals surface area contributed by atoms with E-state index in [1.807, 2.05) is 25.6 Å². The van der Waals surface area contributed by atoms with Crippen molar-refractivity contribution in [2.24, 2.45) is 7.05 Å². The number of pyridine rings is 1. The van der Waals surface area contributed by atoms with Gasteiger partial charge in [0.15, 0.2) is 0 Å². The standard InChI is InChI=1S/C12H15FN4/c1-8-11(9(2)17(3)16-8)7-15-10-4-5-14-12(13)6-10/h4-6H,7H2,1-3H3,(H,14,15). The molecule has 0 aliphatic rings. The summed E-state index contributed by atoms with van der Waals surface area (Å²) in [7, 11) is 1.91. The lowest BCUT2D eigenvalue weighted by Crippen LogP contribution is -2.02. The van der Waals surface area contributed by atoms with Crippen LogP contribution in [-0.4, -0.2) is 14.8 Å². The second-order valence-corrected chi connectivity index (χ2v) is 3.99. The highest BCUT2D eigenvalue weighted by Crippen LogP contribution is 2.14. The molecule has 0 radical (unpaired) electrons. The number of anilines is 1. The molecule has 0 spiro atoms. The van der Waals surface area contributed by atoms with Crippen LogP contribution in [0.3, 0.4) is 0 Å². The number of hydrogen-bond donors (Lipinski definition) is 1.